The standard InChI is InChI=1S/C9H14N2O3S2/c1-7(9(10)15)16(12,13)11(2)5-8-3-4-14-6-8/h3-4,6-7H,5H2,1-2H3,(H2,10,15). The zero-order valence-electron chi connectivity index (χ0n) is 9.08. The SMILES string of the molecule is CC(C(N)=S)S(=O)(=O)N(C)Cc1ccoc1. The molecule has 0 radical (unpaired) electrons. The van der Waals surface area contributed by atoms with Gasteiger partial charge < -0.3 is 10.2 Å². The van der Waals surface area contributed by atoms with Crippen LogP contribution in [0.4, 0.5) is 0 Å². The lowest BCUT2D eigenvalue weighted by Crippen LogP contribution is -2.40. The van der Waals surface area contributed by atoms with Crippen LogP contribution in [0, 0.1) is 0 Å². The molecule has 0 saturated carbocycles. The average Bonchev–Trinajstić information content (AvgIpc) is 2.68. The van der Waals surface area contributed by atoms with Gasteiger partial charge in [-0.15, -0.1) is 0 Å². The largest absolute Gasteiger partial charge is 0.472 e. The molecule has 0 spiro atoms. The molecular formula is C9H14N2O3S2. The van der Waals surface area contributed by atoms with Crippen molar-refractivity contribution < 1.29 is 12.8 Å². The molecule has 0 amide bonds. The van der Waals surface area contributed by atoms with E-state index in [9.17, 15) is 8.42 Å². The molecule has 5 nitrogen and oxygen atoms in total. The lowest BCUT2D eigenvalue weighted by molar-refractivity contribution is 0.461. The fraction of sp³-hybridized carbons (Fsp3) is 0.444. The minimum absolute atomic E-state index is 0.0287. The van der Waals surface area contributed by atoms with E-state index in [0.29, 0.717) is 0 Å². The van der Waals surface area contributed by atoms with Crippen LogP contribution in [-0.4, -0.2) is 30.0 Å². The van der Waals surface area contributed by atoms with Gasteiger partial charge in [0.05, 0.1) is 17.5 Å². The van der Waals surface area contributed by atoms with Crippen molar-refractivity contribution in [2.45, 2.75) is 18.7 Å². The molecule has 0 bridgehead atoms. The zero-order chi connectivity index (χ0) is 12.3. The Bertz CT molecular complexity index is 453. The van der Waals surface area contributed by atoms with E-state index in [1.165, 1.54) is 30.8 Å². The van der Waals surface area contributed by atoms with E-state index in [0.717, 1.165) is 5.56 Å². The summed E-state index contributed by atoms with van der Waals surface area (Å²) < 4.78 is 29.9. The molecule has 0 aliphatic carbocycles. The highest BCUT2D eigenvalue weighted by Crippen LogP contribution is 2.12. The third-order valence-electron chi connectivity index (χ3n) is 2.27. The highest BCUT2D eigenvalue weighted by Gasteiger charge is 2.28. The number of rotatable bonds is 5. The lowest BCUT2D eigenvalue weighted by Gasteiger charge is -2.20. The summed E-state index contributed by atoms with van der Waals surface area (Å²) in [5.74, 6) is 0. The molecular weight excluding hydrogens is 248 g/mol. The van der Waals surface area contributed by atoms with Gasteiger partial charge >= 0.3 is 0 Å². The summed E-state index contributed by atoms with van der Waals surface area (Å²) in [7, 11) is -2.01. The Kier molecular flexibility index (Phi) is 4.06. The summed E-state index contributed by atoms with van der Waals surface area (Å²) in [5, 5.41) is -0.862. The molecule has 7 heteroatoms. The van der Waals surface area contributed by atoms with Gasteiger partial charge in [-0.25, -0.2) is 8.42 Å². The van der Waals surface area contributed by atoms with Crippen LogP contribution < -0.4 is 5.73 Å². The minimum atomic E-state index is -3.49. The monoisotopic (exact) mass is 262 g/mol. The number of hydrogen-bond acceptors (Lipinski definition) is 4. The molecule has 1 atom stereocenters. The normalized spacial score (nSPS) is 13.9. The molecule has 0 saturated heterocycles. The van der Waals surface area contributed by atoms with Crippen molar-refractivity contribution in [1.29, 1.82) is 0 Å². The molecule has 0 fully saturated rings. The predicted molar refractivity (Wildman–Crippen MR) is 65.3 cm³/mol. The van der Waals surface area contributed by atoms with Gasteiger partial charge in [-0.05, 0) is 13.0 Å². The number of nitrogens with zero attached hydrogens (tertiary/aromatic N) is 1. The van der Waals surface area contributed by atoms with Gasteiger partial charge in [-0.1, -0.05) is 12.2 Å². The van der Waals surface area contributed by atoms with Gasteiger partial charge in [0.25, 0.3) is 0 Å². The van der Waals surface area contributed by atoms with Crippen molar-refractivity contribution in [2.24, 2.45) is 5.73 Å². The predicted octanol–water partition coefficient (Wildman–Crippen LogP) is 0.716. The first-order valence-corrected chi connectivity index (χ1v) is 6.52. The van der Waals surface area contributed by atoms with Crippen molar-refractivity contribution in [3.63, 3.8) is 0 Å². The number of sulfonamides is 1. The van der Waals surface area contributed by atoms with E-state index in [1.54, 1.807) is 6.07 Å². The smallest absolute Gasteiger partial charge is 0.223 e. The third-order valence-corrected chi connectivity index (χ3v) is 4.92. The molecule has 1 unspecified atom stereocenters. The van der Waals surface area contributed by atoms with E-state index < -0.39 is 15.3 Å². The zero-order valence-corrected chi connectivity index (χ0v) is 10.7. The van der Waals surface area contributed by atoms with E-state index in [4.69, 9.17) is 10.2 Å². The Morgan fingerprint density at radius 1 is 1.69 bits per heavy atom. The van der Waals surface area contributed by atoms with Crippen molar-refractivity contribution in [1.82, 2.24) is 4.31 Å². The van der Waals surface area contributed by atoms with Crippen molar-refractivity contribution in [3.05, 3.63) is 24.2 Å². The molecule has 1 rings (SSSR count). The van der Waals surface area contributed by atoms with Crippen molar-refractivity contribution in [3.8, 4) is 0 Å². The summed E-state index contributed by atoms with van der Waals surface area (Å²) in [4.78, 5) is -0.0287. The van der Waals surface area contributed by atoms with E-state index in [-0.39, 0.29) is 11.5 Å². The van der Waals surface area contributed by atoms with Crippen LogP contribution in [0.3, 0.4) is 0 Å². The molecule has 1 aromatic heterocycles. The molecule has 0 aromatic carbocycles. The van der Waals surface area contributed by atoms with Gasteiger partial charge in [0.1, 0.15) is 5.25 Å². The Morgan fingerprint density at radius 2 is 2.31 bits per heavy atom. The summed E-state index contributed by atoms with van der Waals surface area (Å²) in [6.45, 7) is 1.72. The average molecular weight is 262 g/mol. The fourth-order valence-corrected chi connectivity index (χ4v) is 2.67. The third kappa shape index (κ3) is 2.81. The summed E-state index contributed by atoms with van der Waals surface area (Å²) in [6, 6.07) is 1.71. The van der Waals surface area contributed by atoms with Gasteiger partial charge in [-0.2, -0.15) is 4.31 Å². The second kappa shape index (κ2) is 4.94. The van der Waals surface area contributed by atoms with Crippen LogP contribution in [0.25, 0.3) is 0 Å². The molecule has 1 aromatic rings. The first-order valence-electron chi connectivity index (χ1n) is 4.61. The first-order chi connectivity index (χ1) is 7.35. The Balaban J connectivity index is 2.81. The minimum Gasteiger partial charge on any atom is -0.472 e. The molecule has 2 N–H and O–H groups in total. The quantitative estimate of drug-likeness (QED) is 0.791. The summed E-state index contributed by atoms with van der Waals surface area (Å²) in [6.07, 6.45) is 2.99. The first kappa shape index (κ1) is 13.1. The maximum Gasteiger partial charge on any atom is 0.223 e. The van der Waals surface area contributed by atoms with Crippen LogP contribution in [0.5, 0.6) is 0 Å². The number of thiocarbonyl (C=S) groups is 1. The molecule has 1 heterocycles. The van der Waals surface area contributed by atoms with Crippen molar-refractivity contribution in [2.75, 3.05) is 7.05 Å². The van der Waals surface area contributed by atoms with Crippen LogP contribution >= 0.6 is 12.2 Å². The van der Waals surface area contributed by atoms with Crippen molar-refractivity contribution >= 4 is 27.2 Å². The molecule has 0 aliphatic rings. The van der Waals surface area contributed by atoms with Gasteiger partial charge in [-0.3, -0.25) is 0 Å². The lowest BCUT2D eigenvalue weighted by atomic mass is 10.3. The van der Waals surface area contributed by atoms with E-state index in [1.807, 2.05) is 0 Å². The number of hydrogen-bond donors (Lipinski definition) is 1. The van der Waals surface area contributed by atoms with Crippen LogP contribution in [-0.2, 0) is 16.6 Å². The highest BCUT2D eigenvalue weighted by atomic mass is 32.2. The second-order valence-electron chi connectivity index (χ2n) is 3.48. The van der Waals surface area contributed by atoms with Crippen LogP contribution in [0.15, 0.2) is 23.0 Å². The number of furan rings is 1. The number of nitrogens with two attached hydrogens (primary N) is 1. The van der Waals surface area contributed by atoms with E-state index >= 15 is 0 Å². The maximum absolute atomic E-state index is 11.9. The van der Waals surface area contributed by atoms with Gasteiger partial charge in [0.2, 0.25) is 10.0 Å². The van der Waals surface area contributed by atoms with Crippen LogP contribution in [0.2, 0.25) is 0 Å². The molecule has 0 aliphatic heterocycles. The van der Waals surface area contributed by atoms with Gasteiger partial charge in [0, 0.05) is 19.2 Å². The Hall–Kier alpha value is -0.920. The second-order valence-corrected chi connectivity index (χ2v) is 6.31. The highest BCUT2D eigenvalue weighted by molar-refractivity contribution is 7.92. The summed E-state index contributed by atoms with van der Waals surface area (Å²) >= 11 is 4.69. The van der Waals surface area contributed by atoms with E-state index in [2.05, 4.69) is 12.2 Å². The summed E-state index contributed by atoms with van der Waals surface area (Å²) in [5.41, 5.74) is 6.12. The Morgan fingerprint density at radius 3 is 2.75 bits per heavy atom. The van der Waals surface area contributed by atoms with Crippen LogP contribution in [0.1, 0.15) is 12.5 Å². The molecule has 16 heavy (non-hydrogen) atoms. The topological polar surface area (TPSA) is 76.5 Å². The van der Waals surface area contributed by atoms with Gasteiger partial charge in [0.15, 0.2) is 0 Å². The maximum atomic E-state index is 11.9. The fourth-order valence-electron chi connectivity index (χ4n) is 1.15. The molecule has 90 valence electrons. The Labute approximate surface area is 100 Å².